The zero-order valence-corrected chi connectivity index (χ0v) is 15.3. The molecule has 0 amide bonds. The van der Waals surface area contributed by atoms with Gasteiger partial charge in [0.25, 0.3) is 0 Å². The number of likely N-dealkylation sites (tertiary alicyclic amines) is 1. The molecule has 1 aromatic carbocycles. The van der Waals surface area contributed by atoms with Crippen molar-refractivity contribution in [2.24, 2.45) is 11.8 Å². The minimum absolute atomic E-state index is 0.728. The summed E-state index contributed by atoms with van der Waals surface area (Å²) in [6.45, 7) is 5.57. The van der Waals surface area contributed by atoms with Gasteiger partial charge in [0.2, 0.25) is 0 Å². The third-order valence-electron chi connectivity index (χ3n) is 5.71. The molecule has 0 spiro atoms. The molecule has 0 N–H and O–H groups in total. The molecule has 2 atom stereocenters. The standard InChI is InChI=1S/C22H23N5/c1-2-6-17(7-3-1)12-26-13-18-15-27(16-19(18)14-26)22-10-9-21(24-25-22)20-8-4-5-11-23-20/h1-11,18-19H,12-16H2. The number of benzene rings is 1. The van der Waals surface area contributed by atoms with E-state index in [9.17, 15) is 0 Å². The lowest BCUT2D eigenvalue weighted by atomic mass is 10.0. The first kappa shape index (κ1) is 16.4. The number of hydrogen-bond acceptors (Lipinski definition) is 5. The second-order valence-corrected chi connectivity index (χ2v) is 7.60. The highest BCUT2D eigenvalue weighted by Crippen LogP contribution is 2.34. The first-order valence-corrected chi connectivity index (χ1v) is 9.61. The molecule has 2 saturated heterocycles. The van der Waals surface area contributed by atoms with Crippen LogP contribution in [0.4, 0.5) is 5.82 Å². The van der Waals surface area contributed by atoms with Crippen LogP contribution >= 0.6 is 0 Å². The fraction of sp³-hybridized carbons (Fsp3) is 0.318. The maximum absolute atomic E-state index is 4.47. The lowest BCUT2D eigenvalue weighted by Crippen LogP contribution is -2.29. The van der Waals surface area contributed by atoms with Crippen LogP contribution in [0.3, 0.4) is 0 Å². The van der Waals surface area contributed by atoms with E-state index in [4.69, 9.17) is 0 Å². The van der Waals surface area contributed by atoms with Gasteiger partial charge in [-0.2, -0.15) is 0 Å². The van der Waals surface area contributed by atoms with Gasteiger partial charge < -0.3 is 4.90 Å². The van der Waals surface area contributed by atoms with E-state index in [1.54, 1.807) is 6.20 Å². The number of hydrogen-bond donors (Lipinski definition) is 0. The van der Waals surface area contributed by atoms with Crippen molar-refractivity contribution >= 4 is 5.82 Å². The Morgan fingerprint density at radius 2 is 1.52 bits per heavy atom. The molecule has 2 unspecified atom stereocenters. The second kappa shape index (κ2) is 7.08. The molecule has 5 heteroatoms. The molecule has 2 aromatic heterocycles. The van der Waals surface area contributed by atoms with Crippen molar-refractivity contribution < 1.29 is 0 Å². The monoisotopic (exact) mass is 357 g/mol. The molecule has 0 aliphatic carbocycles. The zero-order valence-electron chi connectivity index (χ0n) is 15.3. The highest BCUT2D eigenvalue weighted by molar-refractivity contribution is 5.55. The molecule has 2 aliphatic rings. The van der Waals surface area contributed by atoms with Gasteiger partial charge in [0.1, 0.15) is 5.69 Å². The van der Waals surface area contributed by atoms with Crippen molar-refractivity contribution in [3.05, 3.63) is 72.4 Å². The first-order valence-electron chi connectivity index (χ1n) is 9.61. The Hall–Kier alpha value is -2.79. The summed E-state index contributed by atoms with van der Waals surface area (Å²) >= 11 is 0. The van der Waals surface area contributed by atoms with Gasteiger partial charge in [-0.25, -0.2) is 0 Å². The maximum atomic E-state index is 4.47. The SMILES string of the molecule is c1ccc(CN2CC3CN(c4ccc(-c5ccccn5)nn4)CC3C2)cc1. The van der Waals surface area contributed by atoms with Crippen LogP contribution in [-0.2, 0) is 6.54 Å². The van der Waals surface area contributed by atoms with E-state index in [0.29, 0.717) is 0 Å². The van der Waals surface area contributed by atoms with Gasteiger partial charge in [-0.05, 0) is 41.7 Å². The molecule has 2 aliphatic heterocycles. The predicted molar refractivity (Wildman–Crippen MR) is 106 cm³/mol. The molecular formula is C22H23N5. The minimum Gasteiger partial charge on any atom is -0.354 e. The quantitative estimate of drug-likeness (QED) is 0.718. The zero-order chi connectivity index (χ0) is 18.1. The van der Waals surface area contributed by atoms with Crippen LogP contribution in [-0.4, -0.2) is 46.3 Å². The summed E-state index contributed by atoms with van der Waals surface area (Å²) in [5.41, 5.74) is 3.10. The molecule has 0 saturated carbocycles. The first-order chi connectivity index (χ1) is 13.3. The molecule has 5 nitrogen and oxygen atoms in total. The summed E-state index contributed by atoms with van der Waals surface area (Å²) in [5, 5.41) is 8.87. The minimum atomic E-state index is 0.728. The highest BCUT2D eigenvalue weighted by atomic mass is 15.3. The Morgan fingerprint density at radius 3 is 2.19 bits per heavy atom. The van der Waals surface area contributed by atoms with Crippen LogP contribution in [0, 0.1) is 11.8 Å². The van der Waals surface area contributed by atoms with Crippen molar-refractivity contribution in [2.75, 3.05) is 31.1 Å². The van der Waals surface area contributed by atoms with Crippen molar-refractivity contribution in [2.45, 2.75) is 6.54 Å². The molecule has 0 bridgehead atoms. The molecule has 3 aromatic rings. The Morgan fingerprint density at radius 1 is 0.741 bits per heavy atom. The van der Waals surface area contributed by atoms with Gasteiger partial charge in [0.15, 0.2) is 5.82 Å². The lowest BCUT2D eigenvalue weighted by molar-refractivity contribution is 0.309. The molecular weight excluding hydrogens is 334 g/mol. The summed E-state index contributed by atoms with van der Waals surface area (Å²) < 4.78 is 0. The van der Waals surface area contributed by atoms with Crippen LogP contribution in [0.25, 0.3) is 11.4 Å². The number of nitrogens with zero attached hydrogens (tertiary/aromatic N) is 5. The van der Waals surface area contributed by atoms with E-state index in [-0.39, 0.29) is 0 Å². The van der Waals surface area contributed by atoms with E-state index in [0.717, 1.165) is 48.7 Å². The third-order valence-corrected chi connectivity index (χ3v) is 5.71. The summed E-state index contributed by atoms with van der Waals surface area (Å²) in [6, 6.07) is 20.7. The van der Waals surface area contributed by atoms with Gasteiger partial charge in [-0.3, -0.25) is 9.88 Å². The van der Waals surface area contributed by atoms with Crippen LogP contribution < -0.4 is 4.90 Å². The normalized spacial score (nSPS) is 22.1. The van der Waals surface area contributed by atoms with E-state index < -0.39 is 0 Å². The van der Waals surface area contributed by atoms with Crippen LogP contribution in [0.1, 0.15) is 5.56 Å². The Balaban J connectivity index is 1.21. The molecule has 4 heterocycles. The average molecular weight is 357 g/mol. The van der Waals surface area contributed by atoms with Crippen LogP contribution in [0.2, 0.25) is 0 Å². The van der Waals surface area contributed by atoms with Crippen molar-refractivity contribution in [1.82, 2.24) is 20.1 Å². The summed E-state index contributed by atoms with van der Waals surface area (Å²) in [5.74, 6) is 2.44. The number of fused-ring (bicyclic) bond motifs is 1. The van der Waals surface area contributed by atoms with E-state index in [1.807, 2.05) is 24.3 Å². The Kier molecular flexibility index (Phi) is 4.30. The average Bonchev–Trinajstić information content (AvgIpc) is 3.28. The van der Waals surface area contributed by atoms with Crippen molar-refractivity contribution in [1.29, 1.82) is 0 Å². The summed E-state index contributed by atoms with van der Waals surface area (Å²) in [4.78, 5) is 9.33. The summed E-state index contributed by atoms with van der Waals surface area (Å²) in [6.07, 6.45) is 1.79. The maximum Gasteiger partial charge on any atom is 0.151 e. The van der Waals surface area contributed by atoms with E-state index in [1.165, 1.54) is 18.7 Å². The Labute approximate surface area is 159 Å². The second-order valence-electron chi connectivity index (χ2n) is 7.60. The van der Waals surface area contributed by atoms with Crippen molar-refractivity contribution in [3.63, 3.8) is 0 Å². The number of aromatic nitrogens is 3. The Bertz CT molecular complexity index is 868. The fourth-order valence-electron chi connectivity index (χ4n) is 4.39. The van der Waals surface area contributed by atoms with Gasteiger partial charge in [0, 0.05) is 38.9 Å². The topological polar surface area (TPSA) is 45.2 Å². The fourth-order valence-corrected chi connectivity index (χ4v) is 4.39. The molecule has 27 heavy (non-hydrogen) atoms. The van der Waals surface area contributed by atoms with Gasteiger partial charge in [0.05, 0.1) is 5.69 Å². The number of anilines is 1. The smallest absolute Gasteiger partial charge is 0.151 e. The molecule has 136 valence electrons. The van der Waals surface area contributed by atoms with Gasteiger partial charge in [-0.15, -0.1) is 10.2 Å². The van der Waals surface area contributed by atoms with Gasteiger partial charge in [-0.1, -0.05) is 36.4 Å². The van der Waals surface area contributed by atoms with Crippen LogP contribution in [0.15, 0.2) is 66.9 Å². The van der Waals surface area contributed by atoms with Crippen molar-refractivity contribution in [3.8, 4) is 11.4 Å². The molecule has 2 fully saturated rings. The third kappa shape index (κ3) is 3.43. The number of pyridine rings is 1. The predicted octanol–water partition coefficient (Wildman–Crippen LogP) is 3.11. The molecule has 0 radical (unpaired) electrons. The largest absolute Gasteiger partial charge is 0.354 e. The summed E-state index contributed by atoms with van der Waals surface area (Å²) in [7, 11) is 0. The number of rotatable bonds is 4. The van der Waals surface area contributed by atoms with Gasteiger partial charge >= 0.3 is 0 Å². The molecule has 5 rings (SSSR count). The van der Waals surface area contributed by atoms with Crippen LogP contribution in [0.5, 0.6) is 0 Å². The lowest BCUT2D eigenvalue weighted by Gasteiger charge is -2.22. The van der Waals surface area contributed by atoms with E-state index >= 15 is 0 Å². The van der Waals surface area contributed by atoms with E-state index in [2.05, 4.69) is 61.4 Å². The highest BCUT2D eigenvalue weighted by Gasteiger charge is 2.40.